The van der Waals surface area contributed by atoms with Crippen molar-refractivity contribution in [2.75, 3.05) is 20.3 Å². The molecular weight excluding hydrogens is 270 g/mol. The molecule has 0 saturated carbocycles. The molecule has 2 unspecified atom stereocenters. The highest BCUT2D eigenvalue weighted by Crippen LogP contribution is 2.39. The molecule has 2 heteroatoms. The van der Waals surface area contributed by atoms with Crippen LogP contribution in [0.15, 0.2) is 24.3 Å². The highest BCUT2D eigenvalue weighted by atomic mass is 16.5. The number of hydrogen-bond acceptors (Lipinski definition) is 2. The summed E-state index contributed by atoms with van der Waals surface area (Å²) in [6, 6.07) is 7.82. The summed E-state index contributed by atoms with van der Waals surface area (Å²) in [5.74, 6) is 1.12. The van der Waals surface area contributed by atoms with E-state index >= 15 is 0 Å². The molecule has 2 bridgehead atoms. The summed E-state index contributed by atoms with van der Waals surface area (Å²) >= 11 is 0. The summed E-state index contributed by atoms with van der Waals surface area (Å²) in [4.78, 5) is 2.49. The molecule has 2 aliphatic rings. The fraction of sp³-hybridized carbons (Fsp3) is 0.600. The number of nitrogens with zero attached hydrogens (tertiary/aromatic N) is 1. The third-order valence-corrected chi connectivity index (χ3v) is 5.24. The van der Waals surface area contributed by atoms with Gasteiger partial charge in [0.15, 0.2) is 0 Å². The van der Waals surface area contributed by atoms with Gasteiger partial charge in [-0.1, -0.05) is 52.0 Å². The van der Waals surface area contributed by atoms with E-state index in [1.54, 1.807) is 5.57 Å². The Kier molecular flexibility index (Phi) is 4.42. The maximum Gasteiger partial charge on any atom is 0.0658 e. The molecule has 0 amide bonds. The summed E-state index contributed by atoms with van der Waals surface area (Å²) in [7, 11) is 2.24. The van der Waals surface area contributed by atoms with Crippen LogP contribution < -0.4 is 0 Å². The van der Waals surface area contributed by atoms with Crippen molar-refractivity contribution >= 4 is 5.57 Å². The van der Waals surface area contributed by atoms with Gasteiger partial charge in [-0.2, -0.15) is 0 Å². The van der Waals surface area contributed by atoms with Crippen molar-refractivity contribution in [3.05, 3.63) is 41.0 Å². The Balaban J connectivity index is 2.11. The second-order valence-corrected chi connectivity index (χ2v) is 7.44. The van der Waals surface area contributed by atoms with Crippen LogP contribution in [0.3, 0.4) is 0 Å². The summed E-state index contributed by atoms with van der Waals surface area (Å²) in [6.07, 6.45) is 3.57. The Morgan fingerprint density at radius 3 is 2.23 bits per heavy atom. The molecule has 2 atom stereocenters. The van der Waals surface area contributed by atoms with Crippen LogP contribution >= 0.6 is 0 Å². The lowest BCUT2D eigenvalue weighted by Gasteiger charge is -2.43. The van der Waals surface area contributed by atoms with Crippen LogP contribution in [0.25, 0.3) is 5.57 Å². The van der Waals surface area contributed by atoms with Crippen LogP contribution in [0, 0.1) is 0 Å². The van der Waals surface area contributed by atoms with Crippen molar-refractivity contribution in [2.45, 2.75) is 58.0 Å². The number of rotatable bonds is 3. The third kappa shape index (κ3) is 2.75. The molecule has 22 heavy (non-hydrogen) atoms. The number of fused-ring (bicyclic) bond motifs is 2. The fourth-order valence-corrected chi connectivity index (χ4v) is 3.86. The molecule has 1 fully saturated rings. The van der Waals surface area contributed by atoms with E-state index < -0.39 is 0 Å². The molecule has 0 aromatic heterocycles. The van der Waals surface area contributed by atoms with Gasteiger partial charge in [-0.3, -0.25) is 4.90 Å². The van der Waals surface area contributed by atoms with Crippen LogP contribution in [-0.2, 0) is 4.74 Å². The topological polar surface area (TPSA) is 12.5 Å². The van der Waals surface area contributed by atoms with E-state index in [0.29, 0.717) is 23.9 Å². The SMILES string of the molecule is CC(C)c1cccc(C(C)C)c1C1=CC2COCC(C1)N2C. The van der Waals surface area contributed by atoms with E-state index in [1.807, 2.05) is 0 Å². The fourth-order valence-electron chi connectivity index (χ4n) is 3.86. The smallest absolute Gasteiger partial charge is 0.0658 e. The molecule has 0 aliphatic carbocycles. The van der Waals surface area contributed by atoms with Crippen LogP contribution in [0.4, 0.5) is 0 Å². The van der Waals surface area contributed by atoms with Crippen LogP contribution in [0.1, 0.15) is 62.6 Å². The zero-order valence-electron chi connectivity index (χ0n) is 14.6. The predicted molar refractivity (Wildman–Crippen MR) is 93.4 cm³/mol. The molecule has 2 nitrogen and oxygen atoms in total. The highest BCUT2D eigenvalue weighted by Gasteiger charge is 2.33. The minimum Gasteiger partial charge on any atom is -0.378 e. The van der Waals surface area contributed by atoms with Gasteiger partial charge >= 0.3 is 0 Å². The van der Waals surface area contributed by atoms with Crippen molar-refractivity contribution in [2.24, 2.45) is 0 Å². The largest absolute Gasteiger partial charge is 0.378 e. The minimum absolute atomic E-state index is 0.433. The Labute approximate surface area is 135 Å². The van der Waals surface area contributed by atoms with Gasteiger partial charge in [-0.05, 0) is 47.6 Å². The van der Waals surface area contributed by atoms with E-state index in [1.165, 1.54) is 16.7 Å². The molecule has 3 rings (SSSR count). The first-order chi connectivity index (χ1) is 10.5. The average molecular weight is 299 g/mol. The first kappa shape index (κ1) is 15.8. The monoisotopic (exact) mass is 299 g/mol. The zero-order valence-corrected chi connectivity index (χ0v) is 14.6. The van der Waals surface area contributed by atoms with Crippen molar-refractivity contribution in [3.8, 4) is 0 Å². The summed E-state index contributed by atoms with van der Waals surface area (Å²) in [5, 5.41) is 0. The number of likely N-dealkylation sites (N-methyl/N-ethyl adjacent to an activating group) is 1. The van der Waals surface area contributed by atoms with Gasteiger partial charge in [0.25, 0.3) is 0 Å². The minimum atomic E-state index is 0.433. The van der Waals surface area contributed by atoms with Crippen molar-refractivity contribution in [1.29, 1.82) is 0 Å². The molecule has 120 valence electrons. The van der Waals surface area contributed by atoms with Gasteiger partial charge in [-0.15, -0.1) is 0 Å². The Hall–Kier alpha value is -1.12. The van der Waals surface area contributed by atoms with Gasteiger partial charge in [-0.25, -0.2) is 0 Å². The second-order valence-electron chi connectivity index (χ2n) is 7.44. The lowest BCUT2D eigenvalue weighted by Crippen LogP contribution is -2.51. The number of benzene rings is 1. The molecule has 0 spiro atoms. The Bertz CT molecular complexity index is 547. The maximum atomic E-state index is 5.76. The quantitative estimate of drug-likeness (QED) is 0.819. The zero-order chi connectivity index (χ0) is 15.9. The van der Waals surface area contributed by atoms with Gasteiger partial charge in [0.05, 0.1) is 19.3 Å². The van der Waals surface area contributed by atoms with E-state index in [-0.39, 0.29) is 0 Å². The lowest BCUT2D eigenvalue weighted by molar-refractivity contribution is -0.0221. The second kappa shape index (κ2) is 6.17. The molecule has 1 aromatic carbocycles. The van der Waals surface area contributed by atoms with Crippen LogP contribution in [0.2, 0.25) is 0 Å². The molecule has 0 N–H and O–H groups in total. The summed E-state index contributed by atoms with van der Waals surface area (Å²) in [5.41, 5.74) is 6.07. The first-order valence-corrected chi connectivity index (χ1v) is 8.62. The number of morpholine rings is 1. The highest BCUT2D eigenvalue weighted by molar-refractivity contribution is 5.74. The standard InChI is InChI=1S/C20H29NO/c1-13(2)18-7-6-8-19(14(3)4)20(18)15-9-16-11-22-12-17(10-15)21(16)5/h6-9,13-14,16-17H,10-12H2,1-5H3. The molecule has 0 radical (unpaired) electrons. The van der Waals surface area contributed by atoms with E-state index in [0.717, 1.165) is 19.6 Å². The van der Waals surface area contributed by atoms with Crippen molar-refractivity contribution in [1.82, 2.24) is 4.90 Å². The first-order valence-electron chi connectivity index (χ1n) is 8.62. The van der Waals surface area contributed by atoms with Crippen LogP contribution in [-0.4, -0.2) is 37.2 Å². The number of hydrogen-bond donors (Lipinski definition) is 0. The van der Waals surface area contributed by atoms with E-state index in [9.17, 15) is 0 Å². The molecule has 1 saturated heterocycles. The molecule has 2 aliphatic heterocycles. The van der Waals surface area contributed by atoms with Crippen molar-refractivity contribution in [3.63, 3.8) is 0 Å². The average Bonchev–Trinajstić information content (AvgIpc) is 2.46. The number of ether oxygens (including phenoxy) is 1. The van der Waals surface area contributed by atoms with Gasteiger partial charge in [0.1, 0.15) is 0 Å². The van der Waals surface area contributed by atoms with Crippen LogP contribution in [0.5, 0.6) is 0 Å². The summed E-state index contributed by atoms with van der Waals surface area (Å²) in [6.45, 7) is 10.9. The van der Waals surface area contributed by atoms with Gasteiger partial charge in [0.2, 0.25) is 0 Å². The van der Waals surface area contributed by atoms with Gasteiger partial charge < -0.3 is 4.74 Å². The molecular formula is C20H29NO. The normalized spacial score (nSPS) is 25.7. The van der Waals surface area contributed by atoms with Crippen molar-refractivity contribution < 1.29 is 4.74 Å². The maximum absolute atomic E-state index is 5.76. The van der Waals surface area contributed by atoms with E-state index in [4.69, 9.17) is 4.74 Å². The predicted octanol–water partition coefficient (Wildman–Crippen LogP) is 4.42. The Morgan fingerprint density at radius 1 is 1.05 bits per heavy atom. The Morgan fingerprint density at radius 2 is 1.68 bits per heavy atom. The third-order valence-electron chi connectivity index (χ3n) is 5.24. The molecule has 2 heterocycles. The molecule has 1 aromatic rings. The van der Waals surface area contributed by atoms with E-state index in [2.05, 4.69) is 63.9 Å². The van der Waals surface area contributed by atoms with Gasteiger partial charge in [0, 0.05) is 6.04 Å². The summed E-state index contributed by atoms with van der Waals surface area (Å²) < 4.78 is 5.76. The lowest BCUT2D eigenvalue weighted by atomic mass is 9.80.